The molecule has 2 saturated heterocycles. The van der Waals surface area contributed by atoms with E-state index in [0.29, 0.717) is 42.1 Å². The van der Waals surface area contributed by atoms with E-state index in [1.54, 1.807) is 13.2 Å². The molecule has 0 atom stereocenters. The molecule has 58 heavy (non-hydrogen) atoms. The van der Waals surface area contributed by atoms with Crippen LogP contribution in [-0.4, -0.2) is 99.2 Å². The molecule has 1 N–H and O–H groups in total. The molecule has 2 aromatic heterocycles. The van der Waals surface area contributed by atoms with Crippen LogP contribution in [0.25, 0.3) is 0 Å². The predicted octanol–water partition coefficient (Wildman–Crippen LogP) is 6.85. The first-order valence-corrected chi connectivity index (χ1v) is 18.5. The normalized spacial score (nSPS) is 13.6. The summed E-state index contributed by atoms with van der Waals surface area (Å²) in [6.45, 7) is 10.5. The lowest BCUT2D eigenvalue weighted by Gasteiger charge is -2.35. The molecule has 2 aliphatic rings. The highest BCUT2D eigenvalue weighted by molar-refractivity contribution is 9.10. The van der Waals surface area contributed by atoms with Crippen molar-refractivity contribution in [3.8, 4) is 17.9 Å². The second-order valence-electron chi connectivity index (χ2n) is 13.1. The zero-order valence-corrected chi connectivity index (χ0v) is 37.6. The van der Waals surface area contributed by atoms with Gasteiger partial charge in [0.2, 0.25) is 0 Å². The van der Waals surface area contributed by atoms with E-state index in [1.807, 2.05) is 90.6 Å². The minimum Gasteiger partial charge on any atom is -0.497 e. The Hall–Kier alpha value is -3.86. The van der Waals surface area contributed by atoms with Gasteiger partial charge in [-0.05, 0) is 69.5 Å². The maximum atomic E-state index is 13.0. The molecule has 0 aliphatic carbocycles. The smallest absolute Gasteiger partial charge is 0.255 e. The fourth-order valence-corrected chi connectivity index (χ4v) is 6.83. The summed E-state index contributed by atoms with van der Waals surface area (Å²) in [6, 6.07) is 25.1. The number of benzene rings is 3. The van der Waals surface area contributed by atoms with Gasteiger partial charge >= 0.3 is 0 Å². The van der Waals surface area contributed by atoms with Gasteiger partial charge in [-0.2, -0.15) is 10.5 Å². The van der Waals surface area contributed by atoms with Gasteiger partial charge in [-0.25, -0.2) is 9.97 Å². The number of piperazine rings is 2. The van der Waals surface area contributed by atoms with Crippen LogP contribution >= 0.6 is 78.0 Å². The zero-order valence-electron chi connectivity index (χ0n) is 31.9. The summed E-state index contributed by atoms with van der Waals surface area (Å²) in [5.74, 6) is 0.687. The molecule has 0 saturated carbocycles. The third-order valence-corrected chi connectivity index (χ3v) is 10.2. The van der Waals surface area contributed by atoms with Gasteiger partial charge in [0.1, 0.15) is 5.75 Å². The van der Waals surface area contributed by atoms with Crippen molar-refractivity contribution in [1.82, 2.24) is 39.1 Å². The number of rotatable bonds is 10. The lowest BCUT2D eigenvalue weighted by Crippen LogP contribution is -2.48. The first-order valence-electron chi connectivity index (χ1n) is 17.7. The topological polar surface area (TPSA) is 131 Å². The standard InChI is InChI=1S/C24H24BrN5O2.C16H19N5.5ClH/c1-32-21-6-7-23(25)22(12-21)24(31)29-10-8-28(9-11-29)16-20-14-27-17-30(20)15-19-4-2-18(13-26)3-5-19;17-9-14-1-3-15(4-2-14)11-21-13-19-10-16(21)12-20-7-5-18-6-8-20;;;;;/h2-7,12,14,17H,8-11,15-16H2,1H3;1-4,10,13,18H,5-8,11-12H2;5*1H. The Labute approximate surface area is 379 Å². The lowest BCUT2D eigenvalue weighted by molar-refractivity contribution is 0.0624. The molecule has 12 nitrogen and oxygen atoms in total. The molecule has 3 aromatic carbocycles. The summed E-state index contributed by atoms with van der Waals surface area (Å²) in [5, 5.41) is 21.2. The van der Waals surface area contributed by atoms with Crippen LogP contribution in [0, 0.1) is 22.7 Å². The lowest BCUT2D eigenvalue weighted by atomic mass is 10.1. The molecule has 0 bridgehead atoms. The van der Waals surface area contributed by atoms with Crippen molar-refractivity contribution >= 4 is 83.9 Å². The van der Waals surface area contributed by atoms with Crippen molar-refractivity contribution in [2.45, 2.75) is 26.2 Å². The molecule has 1 amide bonds. The quantitative estimate of drug-likeness (QED) is 0.160. The third kappa shape index (κ3) is 14.5. The highest BCUT2D eigenvalue weighted by atomic mass is 79.9. The van der Waals surface area contributed by atoms with Gasteiger partial charge in [0.25, 0.3) is 5.91 Å². The fraction of sp³-hybridized carbons (Fsp3) is 0.325. The number of carbonyl (C=O) groups is 1. The molecule has 0 radical (unpaired) electrons. The van der Waals surface area contributed by atoms with Gasteiger partial charge in [-0.1, -0.05) is 24.3 Å². The zero-order chi connectivity index (χ0) is 37.0. The number of aromatic nitrogens is 4. The van der Waals surface area contributed by atoms with Crippen LogP contribution in [0.3, 0.4) is 0 Å². The number of amides is 1. The van der Waals surface area contributed by atoms with Crippen LogP contribution in [0.2, 0.25) is 0 Å². The van der Waals surface area contributed by atoms with E-state index in [1.165, 1.54) is 11.3 Å². The van der Waals surface area contributed by atoms with E-state index in [2.05, 4.69) is 62.3 Å². The van der Waals surface area contributed by atoms with Crippen LogP contribution in [0.5, 0.6) is 5.75 Å². The second-order valence-corrected chi connectivity index (χ2v) is 13.9. The molecule has 7 rings (SSSR count). The van der Waals surface area contributed by atoms with Crippen molar-refractivity contribution in [2.75, 3.05) is 59.5 Å². The number of halogens is 6. The highest BCUT2D eigenvalue weighted by Crippen LogP contribution is 2.24. The second kappa shape index (κ2) is 26.3. The van der Waals surface area contributed by atoms with Gasteiger partial charge < -0.3 is 24.1 Å². The predicted molar refractivity (Wildman–Crippen MR) is 241 cm³/mol. The van der Waals surface area contributed by atoms with E-state index >= 15 is 0 Å². The van der Waals surface area contributed by atoms with Gasteiger partial charge in [-0.3, -0.25) is 14.6 Å². The minimum absolute atomic E-state index is 0. The number of carbonyl (C=O) groups excluding carboxylic acids is 1. The highest BCUT2D eigenvalue weighted by Gasteiger charge is 2.24. The van der Waals surface area contributed by atoms with Crippen LogP contribution < -0.4 is 10.1 Å². The summed E-state index contributed by atoms with van der Waals surface area (Å²) in [5.41, 5.74) is 6.67. The van der Waals surface area contributed by atoms with Crippen LogP contribution in [0.15, 0.2) is 96.3 Å². The number of ether oxygens (including phenoxy) is 1. The fourth-order valence-electron chi connectivity index (χ4n) is 6.41. The van der Waals surface area contributed by atoms with Crippen molar-refractivity contribution in [3.63, 3.8) is 0 Å². The molecule has 4 heterocycles. The monoisotopic (exact) mass is 954 g/mol. The summed E-state index contributed by atoms with van der Waals surface area (Å²) in [4.78, 5) is 28.3. The number of methoxy groups -OCH3 is 1. The average Bonchev–Trinajstić information content (AvgIpc) is 3.84. The Bertz CT molecular complexity index is 2060. The summed E-state index contributed by atoms with van der Waals surface area (Å²) >= 11 is 3.48. The average molecular weight is 958 g/mol. The van der Waals surface area contributed by atoms with E-state index in [9.17, 15) is 4.79 Å². The van der Waals surface area contributed by atoms with Gasteiger partial charge in [0, 0.05) is 95.4 Å². The van der Waals surface area contributed by atoms with Crippen LogP contribution in [-0.2, 0) is 26.2 Å². The molecule has 18 heteroatoms. The summed E-state index contributed by atoms with van der Waals surface area (Å²) in [7, 11) is 1.60. The number of hydrogen-bond donors (Lipinski definition) is 1. The van der Waals surface area contributed by atoms with Crippen molar-refractivity contribution in [1.29, 1.82) is 10.5 Å². The number of nitriles is 2. The van der Waals surface area contributed by atoms with Crippen LogP contribution in [0.4, 0.5) is 0 Å². The molecule has 2 aliphatic heterocycles. The van der Waals surface area contributed by atoms with E-state index in [-0.39, 0.29) is 67.9 Å². The molecule has 2 fully saturated rings. The van der Waals surface area contributed by atoms with E-state index in [0.717, 1.165) is 74.6 Å². The van der Waals surface area contributed by atoms with Crippen molar-refractivity contribution in [3.05, 3.63) is 135 Å². The molecular weight excluding hydrogens is 910 g/mol. The number of imidazole rings is 2. The maximum Gasteiger partial charge on any atom is 0.255 e. The Morgan fingerprint density at radius 1 is 0.690 bits per heavy atom. The SMILES string of the molecule is COc1ccc(Br)c(C(=O)N2CCN(Cc3cncn3Cc3ccc(C#N)cc3)CC2)c1.Cl.Cl.Cl.Cl.Cl.N#Cc1ccc(Cn2cncc2CN2CCNCC2)cc1. The number of nitrogens with one attached hydrogen (secondary N) is 1. The molecular formula is C40H48BrCl5N10O2. The van der Waals surface area contributed by atoms with E-state index in [4.69, 9.17) is 15.3 Å². The molecule has 312 valence electrons. The Kier molecular flexibility index (Phi) is 23.6. The minimum atomic E-state index is 0. The van der Waals surface area contributed by atoms with Gasteiger partial charge in [0.15, 0.2) is 0 Å². The Morgan fingerprint density at radius 3 is 1.60 bits per heavy atom. The largest absolute Gasteiger partial charge is 0.497 e. The molecule has 0 unspecified atom stereocenters. The van der Waals surface area contributed by atoms with Crippen molar-refractivity contribution in [2.24, 2.45) is 0 Å². The van der Waals surface area contributed by atoms with Gasteiger partial charge in [-0.15, -0.1) is 62.0 Å². The third-order valence-electron chi connectivity index (χ3n) is 9.51. The Balaban J connectivity index is 0.000000571. The molecule has 5 aromatic rings. The van der Waals surface area contributed by atoms with Gasteiger partial charge in [0.05, 0.1) is 60.0 Å². The maximum absolute atomic E-state index is 13.0. The number of hydrogen-bond acceptors (Lipinski definition) is 9. The Morgan fingerprint density at radius 2 is 1.16 bits per heavy atom. The summed E-state index contributed by atoms with van der Waals surface area (Å²) in [6.07, 6.45) is 7.57. The van der Waals surface area contributed by atoms with Crippen molar-refractivity contribution < 1.29 is 9.53 Å². The van der Waals surface area contributed by atoms with Crippen LogP contribution in [0.1, 0.15) is 44.0 Å². The summed E-state index contributed by atoms with van der Waals surface area (Å²) < 4.78 is 10.4. The molecule has 0 spiro atoms. The first-order chi connectivity index (χ1) is 25.9. The van der Waals surface area contributed by atoms with E-state index < -0.39 is 0 Å². The first kappa shape index (κ1) is 52.2. The number of nitrogens with zero attached hydrogens (tertiary/aromatic N) is 9.